The standard InChI is InChI=1S/C76H134O6/c1-4-7-10-13-16-19-22-25-28-31-33-34-35-36-37-38-39-40-41-43-45-48-51-54-57-60-63-66-69-75(78)81-72-73(71-80-74(77)68-65-62-59-56-53-50-47-44-30-27-24-21-18-15-12-9-6-3)82-76(79)70-67-64-61-58-55-52-49-46-42-32-29-26-23-20-17-14-11-8-5-2/h8-9,11-12,17-18,20-21,26-27,29-30,42,46,73H,4-7,10,13-16,19,22-25,28,31-41,43-45,47-72H2,1-3H3/b11-8-,12-9-,20-17-,21-18-,29-26-,30-27-,46-42-. The molecule has 0 aromatic rings. The Labute approximate surface area is 509 Å². The molecule has 82 heavy (non-hydrogen) atoms. The Balaban J connectivity index is 4.29. The molecule has 0 aromatic carbocycles. The molecule has 0 rings (SSSR count). The summed E-state index contributed by atoms with van der Waals surface area (Å²) in [5.74, 6) is -0.889. The zero-order chi connectivity index (χ0) is 59.2. The first kappa shape index (κ1) is 78.6. The van der Waals surface area contributed by atoms with E-state index < -0.39 is 6.10 Å². The number of carbonyl (C=O) groups excluding carboxylic acids is 3. The highest BCUT2D eigenvalue weighted by molar-refractivity contribution is 5.71. The lowest BCUT2D eigenvalue weighted by molar-refractivity contribution is -0.167. The molecule has 0 bridgehead atoms. The third-order valence-corrected chi connectivity index (χ3v) is 15.6. The van der Waals surface area contributed by atoms with E-state index in [-0.39, 0.29) is 31.1 Å². The first-order valence-electron chi connectivity index (χ1n) is 35.6. The first-order valence-corrected chi connectivity index (χ1v) is 35.6. The molecule has 0 aliphatic carbocycles. The molecule has 0 heterocycles. The highest BCUT2D eigenvalue weighted by Gasteiger charge is 2.19. The number of ether oxygens (including phenoxy) is 3. The van der Waals surface area contributed by atoms with Crippen LogP contribution < -0.4 is 0 Å². The van der Waals surface area contributed by atoms with Crippen LogP contribution in [0.25, 0.3) is 0 Å². The second-order valence-corrected chi connectivity index (χ2v) is 23.7. The molecular weight excluding hydrogens is 1010 g/mol. The zero-order valence-electron chi connectivity index (χ0n) is 54.5. The van der Waals surface area contributed by atoms with E-state index in [0.29, 0.717) is 19.3 Å². The maximum absolute atomic E-state index is 12.9. The second kappa shape index (κ2) is 70.1. The van der Waals surface area contributed by atoms with Crippen LogP contribution in [0.1, 0.15) is 361 Å². The third-order valence-electron chi connectivity index (χ3n) is 15.6. The van der Waals surface area contributed by atoms with Crippen LogP contribution in [0.4, 0.5) is 0 Å². The first-order chi connectivity index (χ1) is 40.5. The quantitative estimate of drug-likeness (QED) is 0.0261. The van der Waals surface area contributed by atoms with Crippen molar-refractivity contribution in [2.75, 3.05) is 13.2 Å². The highest BCUT2D eigenvalue weighted by atomic mass is 16.6. The van der Waals surface area contributed by atoms with Crippen molar-refractivity contribution in [3.63, 3.8) is 0 Å². The van der Waals surface area contributed by atoms with Crippen molar-refractivity contribution in [1.82, 2.24) is 0 Å². The minimum absolute atomic E-state index is 0.0829. The number of allylic oxidation sites excluding steroid dienone is 14. The number of hydrogen-bond acceptors (Lipinski definition) is 6. The van der Waals surface area contributed by atoms with Crippen LogP contribution >= 0.6 is 0 Å². The van der Waals surface area contributed by atoms with Crippen molar-refractivity contribution in [3.8, 4) is 0 Å². The molecule has 0 aliphatic heterocycles. The Bertz CT molecular complexity index is 1550. The van der Waals surface area contributed by atoms with Crippen LogP contribution in [0.15, 0.2) is 85.1 Å². The lowest BCUT2D eigenvalue weighted by atomic mass is 10.0. The number of hydrogen-bond donors (Lipinski definition) is 0. The van der Waals surface area contributed by atoms with Gasteiger partial charge < -0.3 is 14.2 Å². The van der Waals surface area contributed by atoms with Crippen LogP contribution in [0, 0.1) is 0 Å². The average Bonchev–Trinajstić information content (AvgIpc) is 3.47. The predicted octanol–water partition coefficient (Wildman–Crippen LogP) is 24.6. The fraction of sp³-hybridized carbons (Fsp3) is 0.776. The molecule has 0 aromatic heterocycles. The summed E-state index contributed by atoms with van der Waals surface area (Å²) in [6.45, 7) is 6.45. The zero-order valence-corrected chi connectivity index (χ0v) is 54.5. The topological polar surface area (TPSA) is 78.9 Å². The molecule has 0 N–H and O–H groups in total. The van der Waals surface area contributed by atoms with Crippen molar-refractivity contribution < 1.29 is 28.6 Å². The number of carbonyl (C=O) groups is 3. The van der Waals surface area contributed by atoms with Crippen molar-refractivity contribution in [2.24, 2.45) is 0 Å². The van der Waals surface area contributed by atoms with Crippen molar-refractivity contribution in [2.45, 2.75) is 367 Å². The van der Waals surface area contributed by atoms with Gasteiger partial charge in [-0.05, 0) is 89.9 Å². The van der Waals surface area contributed by atoms with E-state index in [1.165, 1.54) is 199 Å². The normalized spacial score (nSPS) is 12.6. The van der Waals surface area contributed by atoms with E-state index in [9.17, 15) is 14.4 Å². The molecule has 0 amide bonds. The predicted molar refractivity (Wildman–Crippen MR) is 358 cm³/mol. The van der Waals surface area contributed by atoms with Crippen molar-refractivity contribution in [3.05, 3.63) is 85.1 Å². The summed E-state index contributed by atoms with van der Waals surface area (Å²) >= 11 is 0. The van der Waals surface area contributed by atoms with E-state index in [1.54, 1.807) is 0 Å². The SMILES string of the molecule is CC/C=C\C/C=C\C/C=C\C/C=C\CCCCCCCCC(=O)OC(COC(=O)CCCCCCCCC/C=C\C/C=C\C/C=C\CC)COC(=O)CCCCCCCCCCCCCCCCCCCCCCCCCCCCCC. The molecule has 6 nitrogen and oxygen atoms in total. The van der Waals surface area contributed by atoms with Gasteiger partial charge in [-0.15, -0.1) is 0 Å². The van der Waals surface area contributed by atoms with Crippen molar-refractivity contribution >= 4 is 17.9 Å². The Morgan fingerprint density at radius 2 is 0.476 bits per heavy atom. The smallest absolute Gasteiger partial charge is 0.306 e. The van der Waals surface area contributed by atoms with Gasteiger partial charge in [-0.25, -0.2) is 0 Å². The summed E-state index contributed by atoms with van der Waals surface area (Å²) in [6, 6.07) is 0. The van der Waals surface area contributed by atoms with E-state index in [4.69, 9.17) is 14.2 Å². The van der Waals surface area contributed by atoms with Gasteiger partial charge in [0.25, 0.3) is 0 Å². The van der Waals surface area contributed by atoms with Gasteiger partial charge in [0, 0.05) is 19.3 Å². The van der Waals surface area contributed by atoms with Crippen molar-refractivity contribution in [1.29, 1.82) is 0 Å². The van der Waals surface area contributed by atoms with E-state index >= 15 is 0 Å². The van der Waals surface area contributed by atoms with Crippen LogP contribution in [0.3, 0.4) is 0 Å². The maximum atomic E-state index is 12.9. The summed E-state index contributed by atoms with van der Waals surface area (Å²) in [4.78, 5) is 38.5. The minimum atomic E-state index is -0.790. The molecule has 0 saturated carbocycles. The van der Waals surface area contributed by atoms with Crippen LogP contribution in [-0.4, -0.2) is 37.2 Å². The largest absolute Gasteiger partial charge is 0.462 e. The molecule has 0 fully saturated rings. The molecule has 0 saturated heterocycles. The molecule has 0 aliphatic rings. The van der Waals surface area contributed by atoms with E-state index in [2.05, 4.69) is 106 Å². The molecule has 1 atom stereocenters. The molecule has 474 valence electrons. The Kier molecular flexibility index (Phi) is 67.2. The molecule has 6 heteroatoms. The summed E-state index contributed by atoms with van der Waals surface area (Å²) in [6.07, 6.45) is 93.3. The lowest BCUT2D eigenvalue weighted by Crippen LogP contribution is -2.30. The van der Waals surface area contributed by atoms with Gasteiger partial charge in [0.1, 0.15) is 13.2 Å². The third kappa shape index (κ3) is 67.4. The molecule has 0 spiro atoms. The van der Waals surface area contributed by atoms with Gasteiger partial charge in [0.05, 0.1) is 0 Å². The average molecular weight is 1140 g/mol. The fourth-order valence-electron chi connectivity index (χ4n) is 10.4. The van der Waals surface area contributed by atoms with E-state index in [0.717, 1.165) is 122 Å². The van der Waals surface area contributed by atoms with Gasteiger partial charge in [-0.2, -0.15) is 0 Å². The summed E-state index contributed by atoms with van der Waals surface area (Å²) < 4.78 is 17.0. The van der Waals surface area contributed by atoms with Crippen LogP contribution in [-0.2, 0) is 28.6 Å². The van der Waals surface area contributed by atoms with Gasteiger partial charge in [-0.1, -0.05) is 337 Å². The van der Waals surface area contributed by atoms with Gasteiger partial charge in [0.2, 0.25) is 0 Å². The van der Waals surface area contributed by atoms with Gasteiger partial charge in [0.15, 0.2) is 6.10 Å². The maximum Gasteiger partial charge on any atom is 0.306 e. The molecule has 1 unspecified atom stereocenters. The minimum Gasteiger partial charge on any atom is -0.462 e. The fourth-order valence-corrected chi connectivity index (χ4v) is 10.4. The Morgan fingerprint density at radius 1 is 0.256 bits per heavy atom. The van der Waals surface area contributed by atoms with Gasteiger partial charge in [-0.3, -0.25) is 14.4 Å². The summed E-state index contributed by atoms with van der Waals surface area (Å²) in [5.41, 5.74) is 0. The monoisotopic (exact) mass is 1140 g/mol. The summed E-state index contributed by atoms with van der Waals surface area (Å²) in [5, 5.41) is 0. The number of esters is 3. The lowest BCUT2D eigenvalue weighted by Gasteiger charge is -2.18. The Morgan fingerprint density at radius 3 is 0.744 bits per heavy atom. The molecule has 0 radical (unpaired) electrons. The number of rotatable bonds is 65. The molecular formula is C76H134O6. The number of unbranched alkanes of at least 4 members (excludes halogenated alkanes) is 40. The second-order valence-electron chi connectivity index (χ2n) is 23.7. The van der Waals surface area contributed by atoms with Crippen LogP contribution in [0.5, 0.6) is 0 Å². The van der Waals surface area contributed by atoms with Gasteiger partial charge >= 0.3 is 17.9 Å². The highest BCUT2D eigenvalue weighted by Crippen LogP contribution is 2.18. The van der Waals surface area contributed by atoms with Crippen LogP contribution in [0.2, 0.25) is 0 Å². The summed E-state index contributed by atoms with van der Waals surface area (Å²) in [7, 11) is 0. The van der Waals surface area contributed by atoms with E-state index in [1.807, 2.05) is 0 Å². The Hall–Kier alpha value is -3.41.